The van der Waals surface area contributed by atoms with Gasteiger partial charge in [0.25, 0.3) is 5.69 Å². The van der Waals surface area contributed by atoms with Gasteiger partial charge in [-0.25, -0.2) is 4.39 Å². The molecule has 1 aliphatic carbocycles. The molecule has 12 nitrogen and oxygen atoms in total. The average Bonchev–Trinajstić information content (AvgIpc) is 3.86. The van der Waals surface area contributed by atoms with Crippen molar-refractivity contribution in [3.63, 3.8) is 0 Å². The molecule has 5 aromatic rings. The Morgan fingerprint density at radius 2 is 1.80 bits per heavy atom. The number of non-ortho nitro benzene ring substituents is 1. The third-order valence-corrected chi connectivity index (χ3v) is 8.36. The molecular formula is C32H28FN7O5. The van der Waals surface area contributed by atoms with Crippen molar-refractivity contribution < 1.29 is 19.2 Å². The highest BCUT2D eigenvalue weighted by atomic mass is 19.1. The van der Waals surface area contributed by atoms with Crippen molar-refractivity contribution in [1.82, 2.24) is 14.5 Å². The minimum absolute atomic E-state index is 0.0541. The Bertz CT molecular complexity index is 2080. The first kappa shape index (κ1) is 28.3. The number of hydrogen-bond acceptors (Lipinski definition) is 8. The summed E-state index contributed by atoms with van der Waals surface area (Å²) in [5.41, 5.74) is 0.911. The highest BCUT2D eigenvalue weighted by molar-refractivity contribution is 6.00. The maximum Gasteiger partial charge on any atom is 0.300 e. The summed E-state index contributed by atoms with van der Waals surface area (Å²) < 4.78 is 18.7. The van der Waals surface area contributed by atoms with Crippen LogP contribution in [0, 0.1) is 15.9 Å². The molecule has 0 spiro atoms. The minimum atomic E-state index is -0.975. The number of pyridine rings is 1. The van der Waals surface area contributed by atoms with Crippen LogP contribution in [0.5, 0.6) is 5.88 Å². The Labute approximate surface area is 255 Å². The number of nitrogens with zero attached hydrogens (tertiary/aromatic N) is 6. The zero-order chi connectivity index (χ0) is 31.2. The fourth-order valence-corrected chi connectivity index (χ4v) is 5.91. The van der Waals surface area contributed by atoms with E-state index < -0.39 is 22.1 Å². The van der Waals surface area contributed by atoms with Gasteiger partial charge in [0.05, 0.1) is 28.2 Å². The normalized spacial score (nSPS) is 15.4. The van der Waals surface area contributed by atoms with Crippen molar-refractivity contribution >= 4 is 44.8 Å². The van der Waals surface area contributed by atoms with E-state index >= 15 is 4.39 Å². The van der Waals surface area contributed by atoms with Crippen LogP contribution in [-0.4, -0.2) is 51.3 Å². The van der Waals surface area contributed by atoms with Crippen LogP contribution in [0.15, 0.2) is 81.9 Å². The van der Waals surface area contributed by atoms with Gasteiger partial charge in [0, 0.05) is 61.3 Å². The summed E-state index contributed by atoms with van der Waals surface area (Å²) in [6.07, 6.45) is 3.15. The lowest BCUT2D eigenvalue weighted by atomic mass is 10.1. The quantitative estimate of drug-likeness (QED) is 0.142. The third kappa shape index (κ3) is 5.20. The van der Waals surface area contributed by atoms with E-state index in [1.165, 1.54) is 35.0 Å². The number of aromatic hydroxyl groups is 1. The number of nitro groups is 1. The van der Waals surface area contributed by atoms with Gasteiger partial charge in [0.1, 0.15) is 11.4 Å². The molecule has 3 heterocycles. The molecule has 2 aliphatic rings. The van der Waals surface area contributed by atoms with Crippen LogP contribution in [0.4, 0.5) is 21.5 Å². The smallest absolute Gasteiger partial charge is 0.300 e. The lowest BCUT2D eigenvalue weighted by Gasteiger charge is -2.30. The third-order valence-electron chi connectivity index (χ3n) is 8.36. The molecule has 1 aliphatic heterocycles. The summed E-state index contributed by atoms with van der Waals surface area (Å²) in [5.74, 6) is -1.87. The molecular weight excluding hydrogens is 581 g/mol. The Kier molecular flexibility index (Phi) is 7.09. The number of nitrogens with one attached hydrogen (secondary N) is 1. The fraction of sp³-hybridized carbons (Fsp3) is 0.250. The van der Waals surface area contributed by atoms with Gasteiger partial charge >= 0.3 is 5.91 Å². The molecule has 0 bridgehead atoms. The number of halogens is 1. The zero-order valence-corrected chi connectivity index (χ0v) is 24.0. The van der Waals surface area contributed by atoms with E-state index in [2.05, 4.69) is 15.5 Å². The van der Waals surface area contributed by atoms with E-state index in [0.29, 0.717) is 29.8 Å². The van der Waals surface area contributed by atoms with E-state index in [4.69, 9.17) is 0 Å². The number of aromatic nitrogens is 2. The maximum atomic E-state index is 15.4. The number of piperazine rings is 1. The molecule has 3 aromatic carbocycles. The molecule has 0 radical (unpaired) electrons. The van der Waals surface area contributed by atoms with Gasteiger partial charge in [-0.3, -0.25) is 19.7 Å². The molecule has 45 heavy (non-hydrogen) atoms. The molecule has 2 N–H and O–H groups in total. The Balaban J connectivity index is 1.30. The second kappa shape index (κ2) is 11.2. The first-order chi connectivity index (χ1) is 21.8. The number of hydrogen-bond donors (Lipinski definition) is 2. The summed E-state index contributed by atoms with van der Waals surface area (Å²) in [6, 6.07) is 16.3. The first-order valence-corrected chi connectivity index (χ1v) is 14.6. The fourth-order valence-electron chi connectivity index (χ4n) is 5.91. The summed E-state index contributed by atoms with van der Waals surface area (Å²) >= 11 is 0. The molecule has 2 aromatic heterocycles. The Hall–Kier alpha value is -5.43. The summed E-state index contributed by atoms with van der Waals surface area (Å²) in [7, 11) is 0. The highest BCUT2D eigenvalue weighted by Gasteiger charge is 2.29. The molecule has 0 atom stereocenters. The second-order valence-electron chi connectivity index (χ2n) is 11.3. The Morgan fingerprint density at radius 3 is 2.51 bits per heavy atom. The minimum Gasteiger partial charge on any atom is -0.493 e. The van der Waals surface area contributed by atoms with Crippen molar-refractivity contribution in [2.24, 2.45) is 10.2 Å². The lowest BCUT2D eigenvalue weighted by molar-refractivity contribution is -0.384. The van der Waals surface area contributed by atoms with Crippen LogP contribution in [0.25, 0.3) is 21.8 Å². The molecule has 228 valence electrons. The summed E-state index contributed by atoms with van der Waals surface area (Å²) in [5, 5.41) is 34.0. The average molecular weight is 610 g/mol. The van der Waals surface area contributed by atoms with E-state index in [0.717, 1.165) is 31.5 Å². The number of fused-ring (bicyclic) bond motifs is 2. The highest BCUT2D eigenvalue weighted by Crippen LogP contribution is 2.41. The number of rotatable bonds is 7. The molecule has 1 saturated heterocycles. The number of anilines is 1. The molecule has 2 fully saturated rings. The molecule has 1 saturated carbocycles. The van der Waals surface area contributed by atoms with Crippen LogP contribution < -0.4 is 15.6 Å². The van der Waals surface area contributed by atoms with E-state index in [-0.39, 0.29) is 46.2 Å². The van der Waals surface area contributed by atoms with Crippen molar-refractivity contribution in [3.05, 3.63) is 104 Å². The predicted molar refractivity (Wildman–Crippen MR) is 166 cm³/mol. The van der Waals surface area contributed by atoms with Gasteiger partial charge in [-0.05, 0) is 36.6 Å². The molecule has 7 rings (SSSR count). The predicted octanol–water partition coefficient (Wildman–Crippen LogP) is 5.43. The van der Waals surface area contributed by atoms with Crippen molar-refractivity contribution in [2.45, 2.75) is 25.4 Å². The molecule has 1 amide bonds. The van der Waals surface area contributed by atoms with Crippen LogP contribution in [-0.2, 0) is 6.54 Å². The Morgan fingerprint density at radius 1 is 1.04 bits per heavy atom. The number of azo groups is 1. The van der Waals surface area contributed by atoms with Crippen molar-refractivity contribution in [2.75, 3.05) is 31.1 Å². The standard InChI is InChI=1S/C32H28FN7O5/c33-25-15-23-27(16-28(25)37-12-10-34-11-13-37)38(20-6-7-20)18-24(30(23)41)31(42)36-35-29-22-14-21(40(44)45)8-9-26(22)39(32(29)43)17-19-4-2-1-3-5-19/h1-5,8-9,14-16,18,20,34,43H,6-7,10-13,17H2. The monoisotopic (exact) mass is 609 g/mol. The van der Waals surface area contributed by atoms with Crippen molar-refractivity contribution in [3.8, 4) is 5.88 Å². The van der Waals surface area contributed by atoms with Crippen LogP contribution >= 0.6 is 0 Å². The van der Waals surface area contributed by atoms with Crippen molar-refractivity contribution in [1.29, 1.82) is 0 Å². The summed E-state index contributed by atoms with van der Waals surface area (Å²) in [6.45, 7) is 2.93. The van der Waals surface area contributed by atoms with Crippen LogP contribution in [0.1, 0.15) is 34.8 Å². The van der Waals surface area contributed by atoms with E-state index in [9.17, 15) is 24.8 Å². The lowest BCUT2D eigenvalue weighted by Crippen LogP contribution is -2.43. The van der Waals surface area contributed by atoms with Crippen LogP contribution in [0.3, 0.4) is 0 Å². The van der Waals surface area contributed by atoms with Gasteiger partial charge in [-0.1, -0.05) is 30.3 Å². The number of amides is 1. The number of carbonyl (C=O) groups excluding carboxylic acids is 1. The number of nitro benzene ring substituents is 1. The second-order valence-corrected chi connectivity index (χ2v) is 11.3. The number of benzene rings is 3. The number of carbonyl (C=O) groups is 1. The SMILES string of the molecule is O=C(N=Nc1c(O)n(Cc2ccccc2)c2ccc([N+](=O)[O-])cc12)c1cn(C2CC2)c2cc(N3CCNCC3)c(F)cc2c1=O. The molecule has 0 unspecified atom stereocenters. The summed E-state index contributed by atoms with van der Waals surface area (Å²) in [4.78, 5) is 39.9. The topological polar surface area (TPSA) is 147 Å². The first-order valence-electron chi connectivity index (χ1n) is 14.6. The zero-order valence-electron chi connectivity index (χ0n) is 24.0. The van der Waals surface area contributed by atoms with Gasteiger partial charge < -0.3 is 24.5 Å². The maximum absolute atomic E-state index is 15.4. The van der Waals surface area contributed by atoms with Crippen LogP contribution in [0.2, 0.25) is 0 Å². The van der Waals surface area contributed by atoms with E-state index in [1.54, 1.807) is 6.07 Å². The molecule has 13 heteroatoms. The largest absolute Gasteiger partial charge is 0.493 e. The van der Waals surface area contributed by atoms with Gasteiger partial charge in [0.2, 0.25) is 11.3 Å². The van der Waals surface area contributed by atoms with Gasteiger partial charge in [-0.15, -0.1) is 10.2 Å². The van der Waals surface area contributed by atoms with Gasteiger partial charge in [-0.2, -0.15) is 0 Å². The van der Waals surface area contributed by atoms with E-state index in [1.807, 2.05) is 39.8 Å². The van der Waals surface area contributed by atoms with Gasteiger partial charge in [0.15, 0.2) is 5.69 Å².